The molecular formula is C27H31N2O2+. The fourth-order valence-corrected chi connectivity index (χ4v) is 6.07. The zero-order valence-electron chi connectivity index (χ0n) is 18.2. The molecule has 1 unspecified atom stereocenters. The van der Waals surface area contributed by atoms with Crippen molar-refractivity contribution in [1.82, 2.24) is 4.98 Å². The largest absolute Gasteiger partial charge is 0.497 e. The quantitative estimate of drug-likeness (QED) is 0.460. The summed E-state index contributed by atoms with van der Waals surface area (Å²) in [6.07, 6.45) is 5.65. The molecule has 1 aromatic heterocycles. The lowest BCUT2D eigenvalue weighted by molar-refractivity contribution is -0.984. The van der Waals surface area contributed by atoms with Crippen molar-refractivity contribution in [3.63, 3.8) is 0 Å². The van der Waals surface area contributed by atoms with Crippen LogP contribution in [0.4, 0.5) is 0 Å². The smallest absolute Gasteiger partial charge is 0.131 e. The van der Waals surface area contributed by atoms with E-state index in [9.17, 15) is 5.11 Å². The number of aliphatic hydroxyl groups is 1. The van der Waals surface area contributed by atoms with Crippen molar-refractivity contribution in [2.45, 2.75) is 31.5 Å². The Balaban J connectivity index is 1.56. The topological polar surface area (TPSA) is 42.4 Å². The van der Waals surface area contributed by atoms with Gasteiger partial charge < -0.3 is 14.3 Å². The average molecular weight is 416 g/mol. The standard InChI is InChI=1S/C27H31N2O2/c1-3-20-18-29(17-19-7-5-4-6-8-19)14-12-21(20)15-26(29)27(30)23-11-13-28-25-10-9-22(31-2)16-24(23)25/h3-11,13,16,20-21,26-27,30H,1,12,14-15,17-18H2,2H3/q+1/t20-,21+,26+,27-,29?/m0/s1. The van der Waals surface area contributed by atoms with E-state index in [1.807, 2.05) is 30.5 Å². The van der Waals surface area contributed by atoms with Gasteiger partial charge in [-0.3, -0.25) is 4.98 Å². The third-order valence-corrected chi connectivity index (χ3v) is 7.68. The minimum absolute atomic E-state index is 0.159. The third-order valence-electron chi connectivity index (χ3n) is 7.68. The molecule has 4 nitrogen and oxygen atoms in total. The van der Waals surface area contributed by atoms with Crippen LogP contribution in [0.2, 0.25) is 0 Å². The van der Waals surface area contributed by atoms with Crippen molar-refractivity contribution < 1.29 is 14.3 Å². The van der Waals surface area contributed by atoms with Crippen molar-refractivity contribution in [3.05, 3.63) is 84.6 Å². The molecule has 0 amide bonds. The highest BCUT2D eigenvalue weighted by molar-refractivity contribution is 5.83. The molecule has 0 aliphatic carbocycles. The fraction of sp³-hybridized carbons (Fsp3) is 0.370. The molecule has 6 rings (SSSR count). The normalized spacial score (nSPS) is 28.4. The van der Waals surface area contributed by atoms with Gasteiger partial charge in [-0.2, -0.15) is 0 Å². The van der Waals surface area contributed by atoms with Gasteiger partial charge in [0.1, 0.15) is 24.4 Å². The summed E-state index contributed by atoms with van der Waals surface area (Å²) >= 11 is 0. The lowest BCUT2D eigenvalue weighted by atomic mass is 9.71. The van der Waals surface area contributed by atoms with E-state index in [-0.39, 0.29) is 6.04 Å². The summed E-state index contributed by atoms with van der Waals surface area (Å²) in [5, 5.41) is 12.8. The molecule has 3 fully saturated rings. The highest BCUT2D eigenvalue weighted by Crippen LogP contribution is 2.48. The number of rotatable bonds is 6. The molecule has 2 aromatic carbocycles. The molecule has 3 aliphatic rings. The first-order chi connectivity index (χ1) is 15.1. The molecule has 160 valence electrons. The predicted octanol–water partition coefficient (Wildman–Crippen LogP) is 4.89. The lowest BCUT2D eigenvalue weighted by Gasteiger charge is -2.58. The van der Waals surface area contributed by atoms with E-state index < -0.39 is 6.10 Å². The Labute approximate surface area is 184 Å². The summed E-state index contributed by atoms with van der Waals surface area (Å²) in [6, 6.07) is 18.8. The summed E-state index contributed by atoms with van der Waals surface area (Å²) in [5.74, 6) is 1.92. The third kappa shape index (κ3) is 3.54. The van der Waals surface area contributed by atoms with Crippen LogP contribution in [0, 0.1) is 11.8 Å². The molecule has 31 heavy (non-hydrogen) atoms. The number of aliphatic hydroxyl groups excluding tert-OH is 1. The first-order valence-corrected chi connectivity index (χ1v) is 11.3. The van der Waals surface area contributed by atoms with E-state index >= 15 is 0 Å². The molecule has 4 heterocycles. The van der Waals surface area contributed by atoms with Gasteiger partial charge in [-0.25, -0.2) is 0 Å². The molecule has 0 radical (unpaired) electrons. The number of hydrogen-bond acceptors (Lipinski definition) is 3. The minimum atomic E-state index is -0.546. The van der Waals surface area contributed by atoms with Crippen LogP contribution in [0.1, 0.15) is 30.1 Å². The summed E-state index contributed by atoms with van der Waals surface area (Å²) in [5.41, 5.74) is 3.19. The Hall–Kier alpha value is -2.69. The Kier molecular flexibility index (Phi) is 5.28. The van der Waals surface area contributed by atoms with Gasteiger partial charge in [0.25, 0.3) is 0 Å². The summed E-state index contributed by atoms with van der Waals surface area (Å²) in [6.45, 7) is 7.25. The lowest BCUT2D eigenvalue weighted by Crippen LogP contribution is -2.67. The Morgan fingerprint density at radius 3 is 2.84 bits per heavy atom. The number of piperidine rings is 3. The maximum Gasteiger partial charge on any atom is 0.131 e. The second-order valence-electron chi connectivity index (χ2n) is 9.25. The zero-order valence-corrected chi connectivity index (χ0v) is 18.2. The molecule has 5 atom stereocenters. The second kappa shape index (κ2) is 8.10. The van der Waals surface area contributed by atoms with Crippen molar-refractivity contribution in [2.24, 2.45) is 11.8 Å². The van der Waals surface area contributed by atoms with Crippen LogP contribution in [0.5, 0.6) is 5.75 Å². The second-order valence-corrected chi connectivity index (χ2v) is 9.25. The predicted molar refractivity (Wildman–Crippen MR) is 124 cm³/mol. The summed E-state index contributed by atoms with van der Waals surface area (Å²) in [7, 11) is 1.68. The molecule has 3 aromatic rings. The summed E-state index contributed by atoms with van der Waals surface area (Å²) in [4.78, 5) is 4.52. The van der Waals surface area contributed by atoms with Crippen LogP contribution in [-0.4, -0.2) is 40.8 Å². The maximum absolute atomic E-state index is 11.8. The molecule has 4 heteroatoms. The molecule has 0 saturated carbocycles. The van der Waals surface area contributed by atoms with Crippen LogP contribution in [0.25, 0.3) is 10.9 Å². The first-order valence-electron chi connectivity index (χ1n) is 11.3. The number of aromatic nitrogens is 1. The first kappa shape index (κ1) is 20.2. The Morgan fingerprint density at radius 2 is 2.06 bits per heavy atom. The van der Waals surface area contributed by atoms with E-state index in [0.717, 1.165) is 52.8 Å². The number of hydrogen-bond donors (Lipinski definition) is 1. The van der Waals surface area contributed by atoms with Crippen LogP contribution < -0.4 is 4.74 Å². The van der Waals surface area contributed by atoms with Gasteiger partial charge in [0.2, 0.25) is 0 Å². The van der Waals surface area contributed by atoms with E-state index in [4.69, 9.17) is 4.74 Å². The van der Waals surface area contributed by atoms with E-state index in [0.29, 0.717) is 11.8 Å². The van der Waals surface area contributed by atoms with Gasteiger partial charge in [-0.05, 0) is 35.7 Å². The summed E-state index contributed by atoms with van der Waals surface area (Å²) < 4.78 is 6.38. The van der Waals surface area contributed by atoms with Crippen LogP contribution >= 0.6 is 0 Å². The van der Waals surface area contributed by atoms with E-state index in [1.54, 1.807) is 7.11 Å². The van der Waals surface area contributed by atoms with Crippen molar-refractivity contribution in [2.75, 3.05) is 20.2 Å². The number of fused-ring (bicyclic) bond motifs is 4. The number of quaternary nitrogens is 1. The van der Waals surface area contributed by atoms with Gasteiger partial charge in [-0.15, -0.1) is 6.58 Å². The molecule has 3 aliphatic heterocycles. The van der Waals surface area contributed by atoms with Gasteiger partial charge >= 0.3 is 0 Å². The van der Waals surface area contributed by atoms with Crippen molar-refractivity contribution in [3.8, 4) is 5.75 Å². The fourth-order valence-electron chi connectivity index (χ4n) is 6.07. The van der Waals surface area contributed by atoms with E-state index in [2.05, 4.69) is 48.0 Å². The molecule has 3 saturated heterocycles. The van der Waals surface area contributed by atoms with Crippen LogP contribution in [-0.2, 0) is 6.54 Å². The average Bonchev–Trinajstić information content (AvgIpc) is 2.83. The highest BCUT2D eigenvalue weighted by atomic mass is 16.5. The molecule has 2 bridgehead atoms. The van der Waals surface area contributed by atoms with Gasteiger partial charge in [0.15, 0.2) is 0 Å². The molecular weight excluding hydrogens is 384 g/mol. The number of pyridine rings is 1. The highest BCUT2D eigenvalue weighted by Gasteiger charge is 2.53. The zero-order chi connectivity index (χ0) is 21.4. The number of ether oxygens (including phenoxy) is 1. The molecule has 0 spiro atoms. The van der Waals surface area contributed by atoms with Gasteiger partial charge in [0, 0.05) is 35.9 Å². The minimum Gasteiger partial charge on any atom is -0.497 e. The SMILES string of the molecule is C=C[C@H]1C[N+]2(Cc3ccccc3)CC[C@@H]1C[C@@H]2[C@@H](O)c1ccnc2ccc(OC)cc12. The Bertz CT molecular complexity index is 1080. The van der Waals surface area contributed by atoms with Crippen LogP contribution in [0.3, 0.4) is 0 Å². The van der Waals surface area contributed by atoms with Crippen molar-refractivity contribution in [1.29, 1.82) is 0 Å². The monoisotopic (exact) mass is 415 g/mol. The van der Waals surface area contributed by atoms with E-state index in [1.165, 1.54) is 12.0 Å². The Morgan fingerprint density at radius 1 is 1.23 bits per heavy atom. The van der Waals surface area contributed by atoms with Crippen molar-refractivity contribution >= 4 is 10.9 Å². The maximum atomic E-state index is 11.8. The number of methoxy groups -OCH3 is 1. The van der Waals surface area contributed by atoms with Crippen LogP contribution in [0.15, 0.2) is 73.4 Å². The number of benzene rings is 2. The molecule has 1 N–H and O–H groups in total. The van der Waals surface area contributed by atoms with Gasteiger partial charge in [0.05, 0.1) is 25.7 Å². The number of nitrogens with zero attached hydrogens (tertiary/aromatic N) is 2. The van der Waals surface area contributed by atoms with Gasteiger partial charge in [-0.1, -0.05) is 36.4 Å².